The molecule has 130 valence electrons. The van der Waals surface area contributed by atoms with Crippen molar-refractivity contribution in [3.05, 3.63) is 63.5 Å². The zero-order valence-electron chi connectivity index (χ0n) is 14.7. The van der Waals surface area contributed by atoms with E-state index < -0.39 is 0 Å². The van der Waals surface area contributed by atoms with Crippen LogP contribution >= 0.6 is 0 Å². The molecule has 0 unspecified atom stereocenters. The maximum absolute atomic E-state index is 12.6. The van der Waals surface area contributed by atoms with Gasteiger partial charge in [-0.2, -0.15) is 0 Å². The van der Waals surface area contributed by atoms with E-state index in [2.05, 4.69) is 26.0 Å². The lowest BCUT2D eigenvalue weighted by Crippen LogP contribution is -2.21. The molecular weight excluding hydrogens is 314 g/mol. The molecule has 3 aromatic heterocycles. The predicted molar refractivity (Wildman–Crippen MR) is 96.8 cm³/mol. The van der Waals surface area contributed by atoms with Crippen molar-refractivity contribution in [2.45, 2.75) is 39.2 Å². The number of fused-ring (bicyclic) bond motifs is 1. The largest absolute Gasteiger partial charge is 0.298 e. The van der Waals surface area contributed by atoms with Crippen LogP contribution in [-0.4, -0.2) is 37.6 Å². The van der Waals surface area contributed by atoms with Gasteiger partial charge < -0.3 is 0 Å². The first kappa shape index (κ1) is 16.0. The summed E-state index contributed by atoms with van der Waals surface area (Å²) in [4.78, 5) is 23.8. The number of aromatic amines is 1. The van der Waals surface area contributed by atoms with Crippen LogP contribution in [0.25, 0.3) is 5.65 Å². The van der Waals surface area contributed by atoms with Gasteiger partial charge in [-0.1, -0.05) is 13.0 Å². The lowest BCUT2D eigenvalue weighted by Gasteiger charge is -2.15. The number of aryl methyl sites for hydroxylation is 1. The Kier molecular flexibility index (Phi) is 4.13. The van der Waals surface area contributed by atoms with Gasteiger partial charge in [-0.25, -0.2) is 9.50 Å². The average Bonchev–Trinajstić information content (AvgIpc) is 3.23. The Morgan fingerprint density at radius 3 is 3.04 bits per heavy atom. The van der Waals surface area contributed by atoms with Crippen LogP contribution in [-0.2, 0) is 13.0 Å². The summed E-state index contributed by atoms with van der Waals surface area (Å²) in [5.74, 6) is 0.406. The zero-order valence-corrected chi connectivity index (χ0v) is 14.7. The predicted octanol–water partition coefficient (Wildman–Crippen LogP) is 2.28. The SMILES string of the molecule is CCc1c(C)nc2cc([C@@H]3CCN(Cc4cccnc4)C3)[nH]n2c1=O. The number of rotatable bonds is 4. The third-order valence-corrected chi connectivity index (χ3v) is 5.13. The van der Waals surface area contributed by atoms with Crippen LogP contribution in [0.1, 0.15) is 41.8 Å². The highest BCUT2D eigenvalue weighted by molar-refractivity contribution is 5.42. The molecule has 0 aliphatic carbocycles. The van der Waals surface area contributed by atoms with Crippen LogP contribution in [0.3, 0.4) is 0 Å². The highest BCUT2D eigenvalue weighted by Crippen LogP contribution is 2.27. The number of aromatic nitrogens is 4. The summed E-state index contributed by atoms with van der Waals surface area (Å²) in [6, 6.07) is 6.13. The first-order chi connectivity index (χ1) is 12.2. The number of hydrogen-bond acceptors (Lipinski definition) is 4. The summed E-state index contributed by atoms with van der Waals surface area (Å²) < 4.78 is 1.60. The maximum atomic E-state index is 12.6. The first-order valence-corrected chi connectivity index (χ1v) is 8.88. The van der Waals surface area contributed by atoms with Crippen molar-refractivity contribution in [1.82, 2.24) is 24.5 Å². The Hall–Kier alpha value is -2.47. The van der Waals surface area contributed by atoms with E-state index in [1.54, 1.807) is 10.7 Å². The minimum absolute atomic E-state index is 0.0291. The Balaban J connectivity index is 1.56. The van der Waals surface area contributed by atoms with Gasteiger partial charge in [-0.3, -0.25) is 19.8 Å². The normalized spacial score (nSPS) is 18.2. The molecule has 0 radical (unpaired) electrons. The van der Waals surface area contributed by atoms with E-state index in [4.69, 9.17) is 0 Å². The van der Waals surface area contributed by atoms with Crippen LogP contribution in [0.4, 0.5) is 0 Å². The van der Waals surface area contributed by atoms with E-state index in [9.17, 15) is 4.79 Å². The molecule has 0 saturated carbocycles. The molecule has 1 N–H and O–H groups in total. The minimum Gasteiger partial charge on any atom is -0.298 e. The van der Waals surface area contributed by atoms with Crippen molar-refractivity contribution < 1.29 is 0 Å². The number of nitrogens with zero attached hydrogens (tertiary/aromatic N) is 4. The van der Waals surface area contributed by atoms with Gasteiger partial charge in [0.15, 0.2) is 5.65 Å². The summed E-state index contributed by atoms with van der Waals surface area (Å²) in [5, 5.41) is 3.29. The summed E-state index contributed by atoms with van der Waals surface area (Å²) >= 11 is 0. The molecule has 6 nitrogen and oxygen atoms in total. The van der Waals surface area contributed by atoms with E-state index >= 15 is 0 Å². The fourth-order valence-corrected chi connectivity index (χ4v) is 3.78. The summed E-state index contributed by atoms with van der Waals surface area (Å²) in [6.45, 7) is 6.86. The van der Waals surface area contributed by atoms with Crippen LogP contribution in [0, 0.1) is 6.92 Å². The molecule has 0 amide bonds. The monoisotopic (exact) mass is 337 g/mol. The molecule has 4 heterocycles. The van der Waals surface area contributed by atoms with Crippen molar-refractivity contribution in [2.24, 2.45) is 0 Å². The third kappa shape index (κ3) is 2.98. The van der Waals surface area contributed by atoms with Crippen molar-refractivity contribution in [2.75, 3.05) is 13.1 Å². The second-order valence-electron chi connectivity index (χ2n) is 6.82. The quantitative estimate of drug-likeness (QED) is 0.793. The standard InChI is InChI=1S/C19H23N5O/c1-3-16-13(2)21-18-9-17(22-24(18)19(16)25)15-6-8-23(12-15)11-14-5-4-7-20-10-14/h4-5,7,9-10,15,22H,3,6,8,11-12H2,1-2H3/t15-/m1/s1. The molecule has 1 aliphatic heterocycles. The lowest BCUT2D eigenvalue weighted by molar-refractivity contribution is 0.326. The number of nitrogens with one attached hydrogen (secondary N) is 1. The summed E-state index contributed by atoms with van der Waals surface area (Å²) in [7, 11) is 0. The van der Waals surface area contributed by atoms with E-state index in [1.165, 1.54) is 5.56 Å². The molecule has 1 aliphatic rings. The van der Waals surface area contributed by atoms with Gasteiger partial charge in [0.1, 0.15) is 0 Å². The molecule has 0 spiro atoms. The molecule has 3 aromatic rings. The van der Waals surface area contributed by atoms with E-state index in [1.807, 2.05) is 32.2 Å². The molecule has 0 aromatic carbocycles. The molecule has 1 fully saturated rings. The number of hydrogen-bond donors (Lipinski definition) is 1. The fourth-order valence-electron chi connectivity index (χ4n) is 3.78. The van der Waals surface area contributed by atoms with Gasteiger partial charge in [0.05, 0.1) is 0 Å². The number of likely N-dealkylation sites (tertiary alicyclic amines) is 1. The van der Waals surface area contributed by atoms with Gasteiger partial charge in [-0.15, -0.1) is 0 Å². The molecule has 4 rings (SSSR count). The highest BCUT2D eigenvalue weighted by atomic mass is 16.1. The fraction of sp³-hybridized carbons (Fsp3) is 0.421. The minimum atomic E-state index is 0.0291. The van der Waals surface area contributed by atoms with Gasteiger partial charge in [0, 0.05) is 54.4 Å². The van der Waals surface area contributed by atoms with Crippen molar-refractivity contribution >= 4 is 5.65 Å². The smallest absolute Gasteiger partial charge is 0.276 e. The maximum Gasteiger partial charge on any atom is 0.276 e. The van der Waals surface area contributed by atoms with Crippen molar-refractivity contribution in [1.29, 1.82) is 0 Å². The number of H-pyrrole nitrogens is 1. The average molecular weight is 337 g/mol. The van der Waals surface area contributed by atoms with Crippen LogP contribution in [0.2, 0.25) is 0 Å². The lowest BCUT2D eigenvalue weighted by atomic mass is 10.1. The van der Waals surface area contributed by atoms with Gasteiger partial charge >= 0.3 is 0 Å². The second kappa shape index (κ2) is 6.44. The van der Waals surface area contributed by atoms with Crippen molar-refractivity contribution in [3.8, 4) is 0 Å². The van der Waals surface area contributed by atoms with Crippen molar-refractivity contribution in [3.63, 3.8) is 0 Å². The summed E-state index contributed by atoms with van der Waals surface area (Å²) in [5.41, 5.74) is 4.71. The number of pyridine rings is 1. The Bertz CT molecular complexity index is 944. The Morgan fingerprint density at radius 2 is 2.28 bits per heavy atom. The topological polar surface area (TPSA) is 66.3 Å². The molecule has 0 bridgehead atoms. The zero-order chi connectivity index (χ0) is 17.4. The Morgan fingerprint density at radius 1 is 1.40 bits per heavy atom. The molecule has 1 saturated heterocycles. The van der Waals surface area contributed by atoms with Crippen LogP contribution in [0.15, 0.2) is 35.4 Å². The molecule has 6 heteroatoms. The Labute approximate surface area is 146 Å². The van der Waals surface area contributed by atoms with E-state index in [0.717, 1.165) is 48.7 Å². The van der Waals surface area contributed by atoms with Crippen LogP contribution in [0.5, 0.6) is 0 Å². The van der Waals surface area contributed by atoms with Gasteiger partial charge in [0.25, 0.3) is 5.56 Å². The van der Waals surface area contributed by atoms with Gasteiger partial charge in [-0.05, 0) is 37.9 Å². The highest BCUT2D eigenvalue weighted by Gasteiger charge is 2.26. The molecule has 25 heavy (non-hydrogen) atoms. The van der Waals surface area contributed by atoms with E-state index in [0.29, 0.717) is 12.3 Å². The van der Waals surface area contributed by atoms with E-state index in [-0.39, 0.29) is 5.56 Å². The third-order valence-electron chi connectivity index (χ3n) is 5.13. The molecule has 1 atom stereocenters. The first-order valence-electron chi connectivity index (χ1n) is 8.88. The van der Waals surface area contributed by atoms with Crippen LogP contribution < -0.4 is 5.56 Å². The second-order valence-corrected chi connectivity index (χ2v) is 6.82. The molecular formula is C19H23N5O. The summed E-state index contributed by atoms with van der Waals surface area (Å²) in [6.07, 6.45) is 5.52. The van der Waals surface area contributed by atoms with Gasteiger partial charge in [0.2, 0.25) is 0 Å².